The molecule has 5 nitrogen and oxygen atoms in total. The van der Waals surface area contributed by atoms with Crippen LogP contribution in [-0.4, -0.2) is 17.9 Å². The highest BCUT2D eigenvalue weighted by Gasteiger charge is 2.40. The van der Waals surface area contributed by atoms with Gasteiger partial charge in [-0.25, -0.2) is 9.37 Å². The topological polar surface area (TPSA) is 77.8 Å². The molecule has 124 valence electrons. The zero-order valence-electron chi connectivity index (χ0n) is 12.2. The maximum atomic E-state index is 14.4. The minimum Gasteiger partial charge on any atom is -0.371 e. The zero-order valence-corrected chi connectivity index (χ0v) is 12.2. The zero-order chi connectivity index (χ0) is 17.9. The van der Waals surface area contributed by atoms with Gasteiger partial charge < -0.3 is 10.6 Å². The molecule has 2 rings (SSSR count). The number of pyridine rings is 1. The Morgan fingerprint density at radius 3 is 2.38 bits per heavy atom. The molecule has 0 atom stereocenters. The van der Waals surface area contributed by atoms with E-state index in [1.54, 1.807) is 18.2 Å². The Balaban J connectivity index is 2.57. The van der Waals surface area contributed by atoms with Gasteiger partial charge in [0.25, 0.3) is 5.91 Å². The van der Waals surface area contributed by atoms with Gasteiger partial charge in [-0.05, 0) is 12.1 Å². The molecule has 1 aromatic carbocycles. The molecule has 1 amide bonds. The van der Waals surface area contributed by atoms with Gasteiger partial charge in [0.05, 0.1) is 0 Å². The molecule has 0 radical (unpaired) electrons. The normalized spacial score (nSPS) is 10.8. The number of carbonyl (C=O) groups excluding carboxylic acids is 1. The Hall–Kier alpha value is -3.15. The number of aromatic nitrogens is 1. The Kier molecular flexibility index (Phi) is 4.69. The van der Waals surface area contributed by atoms with Crippen LogP contribution in [-0.2, 0) is 6.18 Å². The summed E-state index contributed by atoms with van der Waals surface area (Å²) in [6.07, 6.45) is -5.14. The molecule has 2 N–H and O–H groups in total. The van der Waals surface area contributed by atoms with Gasteiger partial charge in [-0.1, -0.05) is 18.2 Å². The average Bonchev–Trinajstić information content (AvgIpc) is 2.55. The molecule has 0 unspecified atom stereocenters. The Labute approximate surface area is 133 Å². The first kappa shape index (κ1) is 17.2. The Morgan fingerprint density at radius 1 is 1.25 bits per heavy atom. The van der Waals surface area contributed by atoms with Crippen molar-refractivity contribution in [1.82, 2.24) is 4.98 Å². The van der Waals surface area contributed by atoms with Crippen molar-refractivity contribution >= 4 is 17.4 Å². The predicted octanol–water partition coefficient (Wildman–Crippen LogP) is 3.41. The van der Waals surface area contributed by atoms with E-state index in [1.165, 1.54) is 25.2 Å². The van der Waals surface area contributed by atoms with Gasteiger partial charge in [0.2, 0.25) is 0 Å². The molecule has 2 aromatic rings. The van der Waals surface area contributed by atoms with Gasteiger partial charge in [-0.15, -0.1) is 0 Å². The number of rotatable bonds is 3. The van der Waals surface area contributed by atoms with E-state index in [9.17, 15) is 22.4 Å². The average molecular weight is 338 g/mol. The number of amides is 1. The van der Waals surface area contributed by atoms with Gasteiger partial charge in [-0.2, -0.15) is 18.4 Å². The first-order valence-electron chi connectivity index (χ1n) is 6.54. The van der Waals surface area contributed by atoms with Crippen LogP contribution in [0, 0.1) is 17.1 Å². The van der Waals surface area contributed by atoms with Crippen LogP contribution in [0.1, 0.15) is 21.6 Å². The molecule has 0 spiro atoms. The minimum absolute atomic E-state index is 0.122. The van der Waals surface area contributed by atoms with Crippen LogP contribution in [0.25, 0.3) is 0 Å². The van der Waals surface area contributed by atoms with E-state index < -0.39 is 34.8 Å². The van der Waals surface area contributed by atoms with Crippen LogP contribution in [0.2, 0.25) is 0 Å². The van der Waals surface area contributed by atoms with E-state index in [0.29, 0.717) is 0 Å². The first-order chi connectivity index (χ1) is 11.3. The van der Waals surface area contributed by atoms with Gasteiger partial charge in [-0.3, -0.25) is 4.79 Å². The number of hydrogen-bond donors (Lipinski definition) is 2. The van der Waals surface area contributed by atoms with E-state index in [-0.39, 0.29) is 11.4 Å². The number of benzene rings is 1. The predicted molar refractivity (Wildman–Crippen MR) is 77.9 cm³/mol. The molecule has 0 fully saturated rings. The van der Waals surface area contributed by atoms with Gasteiger partial charge >= 0.3 is 6.18 Å². The van der Waals surface area contributed by atoms with E-state index in [2.05, 4.69) is 15.6 Å². The van der Waals surface area contributed by atoms with Crippen molar-refractivity contribution < 1.29 is 22.4 Å². The van der Waals surface area contributed by atoms with Crippen LogP contribution >= 0.6 is 0 Å². The van der Waals surface area contributed by atoms with Crippen molar-refractivity contribution in [3.05, 3.63) is 53.0 Å². The van der Waals surface area contributed by atoms with Crippen molar-refractivity contribution in [3.8, 4) is 6.07 Å². The maximum Gasteiger partial charge on any atom is 0.422 e. The molecular weight excluding hydrogens is 328 g/mol. The van der Waals surface area contributed by atoms with Crippen molar-refractivity contribution in [1.29, 1.82) is 5.26 Å². The van der Waals surface area contributed by atoms with E-state index in [1.807, 2.05) is 0 Å². The fourth-order valence-electron chi connectivity index (χ4n) is 1.97. The summed E-state index contributed by atoms with van der Waals surface area (Å²) in [6, 6.07) is 8.76. The number of alkyl halides is 3. The fourth-order valence-corrected chi connectivity index (χ4v) is 1.97. The molecule has 0 aliphatic carbocycles. The summed E-state index contributed by atoms with van der Waals surface area (Å²) in [5.41, 5.74) is -3.61. The van der Waals surface area contributed by atoms with Crippen LogP contribution in [0.3, 0.4) is 0 Å². The summed E-state index contributed by atoms with van der Waals surface area (Å²) < 4.78 is 53.4. The number of hydrogen-bond acceptors (Lipinski definition) is 4. The SMILES string of the molecule is CNc1nc(C#N)c(C(F)(F)F)c(F)c1NC(=O)c1ccccc1. The monoisotopic (exact) mass is 338 g/mol. The molecule has 0 bridgehead atoms. The third kappa shape index (κ3) is 3.27. The summed E-state index contributed by atoms with van der Waals surface area (Å²) in [5, 5.41) is 13.2. The lowest BCUT2D eigenvalue weighted by molar-refractivity contribution is -0.140. The van der Waals surface area contributed by atoms with E-state index in [0.717, 1.165) is 0 Å². The molecule has 0 aliphatic heterocycles. The number of nitriles is 1. The number of nitrogens with zero attached hydrogens (tertiary/aromatic N) is 2. The Bertz CT molecular complexity index is 813. The summed E-state index contributed by atoms with van der Waals surface area (Å²) >= 11 is 0. The fraction of sp³-hybridized carbons (Fsp3) is 0.133. The van der Waals surface area contributed by atoms with Crippen LogP contribution in [0.5, 0.6) is 0 Å². The largest absolute Gasteiger partial charge is 0.422 e. The maximum absolute atomic E-state index is 14.4. The highest BCUT2D eigenvalue weighted by molar-refractivity contribution is 6.05. The van der Waals surface area contributed by atoms with E-state index in [4.69, 9.17) is 5.26 Å². The highest BCUT2D eigenvalue weighted by atomic mass is 19.4. The third-order valence-electron chi connectivity index (χ3n) is 3.04. The lowest BCUT2D eigenvalue weighted by Gasteiger charge is -2.16. The first-order valence-corrected chi connectivity index (χ1v) is 6.54. The van der Waals surface area contributed by atoms with Crippen molar-refractivity contribution in [3.63, 3.8) is 0 Å². The summed E-state index contributed by atoms with van der Waals surface area (Å²) in [6.45, 7) is 0. The second-order valence-corrected chi connectivity index (χ2v) is 4.55. The summed E-state index contributed by atoms with van der Waals surface area (Å²) in [5.74, 6) is -2.98. The van der Waals surface area contributed by atoms with Crippen LogP contribution < -0.4 is 10.6 Å². The minimum atomic E-state index is -5.14. The summed E-state index contributed by atoms with van der Waals surface area (Å²) in [4.78, 5) is 15.5. The molecule has 1 heterocycles. The number of nitrogens with one attached hydrogen (secondary N) is 2. The molecule has 0 saturated heterocycles. The molecule has 24 heavy (non-hydrogen) atoms. The van der Waals surface area contributed by atoms with Crippen LogP contribution in [0.15, 0.2) is 30.3 Å². The van der Waals surface area contributed by atoms with E-state index >= 15 is 0 Å². The van der Waals surface area contributed by atoms with Crippen molar-refractivity contribution in [2.75, 3.05) is 17.7 Å². The number of halogens is 4. The molecule has 9 heteroatoms. The van der Waals surface area contributed by atoms with Gasteiger partial charge in [0.15, 0.2) is 17.3 Å². The second-order valence-electron chi connectivity index (χ2n) is 4.55. The quantitative estimate of drug-likeness (QED) is 0.841. The van der Waals surface area contributed by atoms with Crippen molar-refractivity contribution in [2.45, 2.75) is 6.18 Å². The third-order valence-corrected chi connectivity index (χ3v) is 3.04. The summed E-state index contributed by atoms with van der Waals surface area (Å²) in [7, 11) is 1.27. The van der Waals surface area contributed by atoms with Gasteiger partial charge in [0, 0.05) is 12.6 Å². The molecule has 0 aliphatic rings. The highest BCUT2D eigenvalue weighted by Crippen LogP contribution is 2.38. The molecular formula is C15H10F4N4O. The van der Waals surface area contributed by atoms with Crippen molar-refractivity contribution in [2.24, 2.45) is 0 Å². The Morgan fingerprint density at radius 2 is 1.88 bits per heavy atom. The number of carbonyl (C=O) groups is 1. The molecule has 0 saturated carbocycles. The lowest BCUT2D eigenvalue weighted by atomic mass is 10.1. The smallest absolute Gasteiger partial charge is 0.371 e. The number of anilines is 2. The standard InChI is InChI=1S/C15H10F4N4O/c1-21-13-12(23-14(24)8-5-3-2-4-6-8)11(16)10(15(17,18)19)9(7-20)22-13/h2-6H,1H3,(H,21,22)(H,23,24). The van der Waals surface area contributed by atoms with Gasteiger partial charge in [0.1, 0.15) is 17.3 Å². The molecule has 1 aromatic heterocycles. The lowest BCUT2D eigenvalue weighted by Crippen LogP contribution is -2.20. The van der Waals surface area contributed by atoms with Crippen LogP contribution in [0.4, 0.5) is 29.1 Å². The second kappa shape index (κ2) is 6.54.